The van der Waals surface area contributed by atoms with Gasteiger partial charge < -0.3 is 19.5 Å². The third-order valence-corrected chi connectivity index (χ3v) is 3.72. The highest BCUT2D eigenvalue weighted by molar-refractivity contribution is 5.81. The highest BCUT2D eigenvalue weighted by atomic mass is 16.5. The van der Waals surface area contributed by atoms with Gasteiger partial charge in [-0.1, -0.05) is 12.1 Å². The summed E-state index contributed by atoms with van der Waals surface area (Å²) in [4.78, 5) is 12.3. The molecule has 5 heteroatoms. The maximum Gasteiger partial charge on any atom is 0.261 e. The van der Waals surface area contributed by atoms with E-state index in [-0.39, 0.29) is 11.9 Å². The maximum atomic E-state index is 12.3. The Bertz CT molecular complexity index is 652. The zero-order valence-electron chi connectivity index (χ0n) is 14.4. The topological polar surface area (TPSA) is 56.8 Å². The fourth-order valence-corrected chi connectivity index (χ4v) is 2.22. The van der Waals surface area contributed by atoms with Crippen LogP contribution in [-0.4, -0.2) is 26.2 Å². The summed E-state index contributed by atoms with van der Waals surface area (Å²) in [6.07, 6.45) is -0.598. The van der Waals surface area contributed by atoms with Crippen LogP contribution in [0.5, 0.6) is 17.2 Å². The highest BCUT2D eigenvalue weighted by Crippen LogP contribution is 2.19. The fraction of sp³-hybridized carbons (Fsp3) is 0.316. The van der Waals surface area contributed by atoms with Crippen LogP contribution in [0.3, 0.4) is 0 Å². The van der Waals surface area contributed by atoms with Crippen molar-refractivity contribution in [1.29, 1.82) is 0 Å². The minimum Gasteiger partial charge on any atom is -0.497 e. The molecule has 0 unspecified atom stereocenters. The Kier molecular flexibility index (Phi) is 6.07. The molecule has 0 heterocycles. The van der Waals surface area contributed by atoms with Crippen LogP contribution in [0.4, 0.5) is 0 Å². The minimum absolute atomic E-state index is 0.120. The smallest absolute Gasteiger partial charge is 0.261 e. The lowest BCUT2D eigenvalue weighted by atomic mass is 10.1. The summed E-state index contributed by atoms with van der Waals surface area (Å²) in [6, 6.07) is 14.6. The van der Waals surface area contributed by atoms with Crippen molar-refractivity contribution < 1.29 is 19.0 Å². The molecule has 0 radical (unpaired) electrons. The Morgan fingerprint density at radius 1 is 0.833 bits per heavy atom. The summed E-state index contributed by atoms with van der Waals surface area (Å²) in [6.45, 7) is 3.65. The Labute approximate surface area is 142 Å². The summed E-state index contributed by atoms with van der Waals surface area (Å²) >= 11 is 0. The molecule has 0 fully saturated rings. The number of carbonyl (C=O) groups is 1. The molecule has 0 saturated heterocycles. The van der Waals surface area contributed by atoms with Gasteiger partial charge >= 0.3 is 0 Å². The molecule has 0 aromatic heterocycles. The van der Waals surface area contributed by atoms with E-state index in [1.165, 1.54) is 0 Å². The second kappa shape index (κ2) is 8.24. The van der Waals surface area contributed by atoms with E-state index < -0.39 is 6.10 Å². The number of amides is 1. The van der Waals surface area contributed by atoms with Gasteiger partial charge in [0.1, 0.15) is 17.2 Å². The fourth-order valence-electron chi connectivity index (χ4n) is 2.22. The van der Waals surface area contributed by atoms with Gasteiger partial charge in [0, 0.05) is 0 Å². The summed E-state index contributed by atoms with van der Waals surface area (Å²) < 4.78 is 15.9. The van der Waals surface area contributed by atoms with Gasteiger partial charge in [-0.05, 0) is 55.8 Å². The first-order chi connectivity index (χ1) is 11.5. The molecule has 0 aliphatic carbocycles. The van der Waals surface area contributed by atoms with Gasteiger partial charge in [-0.2, -0.15) is 0 Å². The first-order valence-corrected chi connectivity index (χ1v) is 7.78. The monoisotopic (exact) mass is 329 g/mol. The number of nitrogens with one attached hydrogen (secondary N) is 1. The summed E-state index contributed by atoms with van der Waals surface area (Å²) in [5.74, 6) is 1.98. The Morgan fingerprint density at radius 3 is 1.79 bits per heavy atom. The quantitative estimate of drug-likeness (QED) is 0.846. The van der Waals surface area contributed by atoms with E-state index in [0.29, 0.717) is 5.75 Å². The zero-order valence-corrected chi connectivity index (χ0v) is 14.4. The van der Waals surface area contributed by atoms with Gasteiger partial charge in [0.2, 0.25) is 0 Å². The first kappa shape index (κ1) is 17.7. The lowest BCUT2D eigenvalue weighted by molar-refractivity contribution is -0.127. The Morgan fingerprint density at radius 2 is 1.29 bits per heavy atom. The molecule has 2 aromatic carbocycles. The van der Waals surface area contributed by atoms with Crippen LogP contribution < -0.4 is 19.5 Å². The number of hydrogen-bond acceptors (Lipinski definition) is 4. The molecular formula is C19H23NO4. The molecule has 2 atom stereocenters. The molecule has 24 heavy (non-hydrogen) atoms. The number of rotatable bonds is 7. The Balaban J connectivity index is 1.91. The van der Waals surface area contributed by atoms with Gasteiger partial charge in [-0.25, -0.2) is 0 Å². The van der Waals surface area contributed by atoms with Crippen LogP contribution in [0.25, 0.3) is 0 Å². The first-order valence-electron chi connectivity index (χ1n) is 7.78. The number of carbonyl (C=O) groups excluding carboxylic acids is 1. The lowest BCUT2D eigenvalue weighted by Crippen LogP contribution is -2.37. The predicted molar refractivity (Wildman–Crippen MR) is 92.6 cm³/mol. The molecule has 1 N–H and O–H groups in total. The Hall–Kier alpha value is -2.69. The average molecular weight is 329 g/mol. The molecule has 128 valence electrons. The van der Waals surface area contributed by atoms with Gasteiger partial charge in [-0.3, -0.25) is 4.79 Å². The van der Waals surface area contributed by atoms with Crippen molar-refractivity contribution in [2.24, 2.45) is 0 Å². The summed E-state index contributed by atoms with van der Waals surface area (Å²) in [7, 11) is 3.23. The zero-order chi connectivity index (χ0) is 17.5. The number of benzene rings is 2. The molecule has 2 rings (SSSR count). The largest absolute Gasteiger partial charge is 0.497 e. The van der Waals surface area contributed by atoms with E-state index in [1.54, 1.807) is 45.4 Å². The number of methoxy groups -OCH3 is 2. The molecule has 2 aromatic rings. The van der Waals surface area contributed by atoms with E-state index in [0.717, 1.165) is 17.1 Å². The lowest BCUT2D eigenvalue weighted by Gasteiger charge is -2.19. The summed E-state index contributed by atoms with van der Waals surface area (Å²) in [5.41, 5.74) is 1.00. The van der Waals surface area contributed by atoms with Gasteiger partial charge in [0.15, 0.2) is 6.10 Å². The highest BCUT2D eigenvalue weighted by Gasteiger charge is 2.17. The molecule has 5 nitrogen and oxygen atoms in total. The second-order valence-corrected chi connectivity index (χ2v) is 5.44. The van der Waals surface area contributed by atoms with Gasteiger partial charge in [0.25, 0.3) is 5.91 Å². The average Bonchev–Trinajstić information content (AvgIpc) is 2.62. The van der Waals surface area contributed by atoms with Crippen LogP contribution in [0, 0.1) is 0 Å². The molecule has 0 aliphatic rings. The number of ether oxygens (including phenoxy) is 3. The van der Waals surface area contributed by atoms with Gasteiger partial charge in [-0.15, -0.1) is 0 Å². The second-order valence-electron chi connectivity index (χ2n) is 5.44. The van der Waals surface area contributed by atoms with E-state index in [2.05, 4.69) is 5.32 Å². The van der Waals surface area contributed by atoms with Crippen molar-refractivity contribution in [3.8, 4) is 17.2 Å². The molecule has 0 saturated carbocycles. The van der Waals surface area contributed by atoms with Crippen molar-refractivity contribution in [2.45, 2.75) is 26.0 Å². The van der Waals surface area contributed by atoms with E-state index in [4.69, 9.17) is 14.2 Å². The number of hydrogen-bond donors (Lipinski definition) is 1. The SMILES string of the molecule is COc1ccc(O[C@@H](C)C(=O)N[C@H](C)c2ccc(OC)cc2)cc1. The third kappa shape index (κ3) is 4.65. The molecule has 1 amide bonds. The summed E-state index contributed by atoms with van der Waals surface area (Å²) in [5, 5.41) is 2.95. The van der Waals surface area contributed by atoms with Crippen molar-refractivity contribution >= 4 is 5.91 Å². The normalized spacial score (nSPS) is 12.8. The van der Waals surface area contributed by atoms with Crippen LogP contribution in [0.15, 0.2) is 48.5 Å². The van der Waals surface area contributed by atoms with Crippen LogP contribution >= 0.6 is 0 Å². The third-order valence-electron chi connectivity index (χ3n) is 3.72. The van der Waals surface area contributed by atoms with Gasteiger partial charge in [0.05, 0.1) is 20.3 Å². The molecule has 0 aliphatic heterocycles. The maximum absolute atomic E-state index is 12.3. The van der Waals surface area contributed by atoms with Crippen molar-refractivity contribution in [3.63, 3.8) is 0 Å². The molecule has 0 spiro atoms. The minimum atomic E-state index is -0.598. The van der Waals surface area contributed by atoms with Crippen LogP contribution in [-0.2, 0) is 4.79 Å². The van der Waals surface area contributed by atoms with E-state index in [9.17, 15) is 4.79 Å². The van der Waals surface area contributed by atoms with Crippen LogP contribution in [0.2, 0.25) is 0 Å². The molecule has 0 bridgehead atoms. The van der Waals surface area contributed by atoms with E-state index >= 15 is 0 Å². The van der Waals surface area contributed by atoms with Crippen LogP contribution in [0.1, 0.15) is 25.5 Å². The van der Waals surface area contributed by atoms with Crippen molar-refractivity contribution in [3.05, 3.63) is 54.1 Å². The van der Waals surface area contributed by atoms with E-state index in [1.807, 2.05) is 31.2 Å². The van der Waals surface area contributed by atoms with Crippen molar-refractivity contribution in [2.75, 3.05) is 14.2 Å². The molecular weight excluding hydrogens is 306 g/mol. The predicted octanol–water partition coefficient (Wildman–Crippen LogP) is 3.35. The van der Waals surface area contributed by atoms with Crippen molar-refractivity contribution in [1.82, 2.24) is 5.32 Å². The standard InChI is InChI=1S/C19H23NO4/c1-13(15-5-7-16(22-3)8-6-15)20-19(21)14(2)24-18-11-9-17(23-4)10-12-18/h5-14H,1-4H3,(H,20,21)/t13-,14+/m1/s1.